The molecule has 0 aliphatic rings. The number of nitrogens with two attached hydrogens (primary N) is 1. The number of likely N-dealkylation sites (N-methyl/N-ethyl adjacent to an activating group) is 1. The number of amides is 2. The fraction of sp³-hybridized carbons (Fsp3) is 0.167. The maximum Gasteiger partial charge on any atom is 0.254 e. The van der Waals surface area contributed by atoms with Gasteiger partial charge in [0.1, 0.15) is 0 Å². The maximum absolute atomic E-state index is 11.9. The topological polar surface area (TPSA) is 79.2 Å². The quantitative estimate of drug-likeness (QED) is 0.816. The van der Waals surface area contributed by atoms with E-state index in [0.29, 0.717) is 5.56 Å². The number of benzene rings is 1. The summed E-state index contributed by atoms with van der Waals surface area (Å²) in [6.07, 6.45) is 1.81. The smallest absolute Gasteiger partial charge is 0.254 e. The van der Waals surface area contributed by atoms with Crippen molar-refractivity contribution in [3.8, 4) is 0 Å². The van der Waals surface area contributed by atoms with Gasteiger partial charge in [-0.1, -0.05) is 6.07 Å². The number of carbonyl (C=O) groups excluding carboxylic acids is 2. The van der Waals surface area contributed by atoms with E-state index in [4.69, 9.17) is 5.73 Å². The van der Waals surface area contributed by atoms with Gasteiger partial charge in [-0.2, -0.15) is 0 Å². The van der Waals surface area contributed by atoms with Crippen molar-refractivity contribution in [2.75, 3.05) is 13.6 Å². The molecule has 0 fully saturated rings. The summed E-state index contributed by atoms with van der Waals surface area (Å²) in [5.74, 6) is -0.748. The van der Waals surface area contributed by atoms with Crippen LogP contribution >= 0.6 is 0 Å². The fourth-order valence-electron chi connectivity index (χ4n) is 1.71. The van der Waals surface area contributed by atoms with Crippen molar-refractivity contribution >= 4 is 22.7 Å². The molecule has 3 N–H and O–H groups in total. The molecule has 0 atom stereocenters. The lowest BCUT2D eigenvalue weighted by atomic mass is 10.1. The SMILES string of the molecule is CN(CC(N)=O)C(=O)c1ccc2cc[nH]c2c1. The van der Waals surface area contributed by atoms with Crippen LogP contribution in [0, 0.1) is 0 Å². The Labute approximate surface area is 98.2 Å². The van der Waals surface area contributed by atoms with Crippen LogP contribution in [-0.4, -0.2) is 35.3 Å². The highest BCUT2D eigenvalue weighted by Crippen LogP contribution is 2.15. The summed E-state index contributed by atoms with van der Waals surface area (Å²) in [7, 11) is 1.55. The molecule has 0 spiro atoms. The van der Waals surface area contributed by atoms with Gasteiger partial charge in [0.15, 0.2) is 0 Å². The molecule has 0 bridgehead atoms. The first-order valence-corrected chi connectivity index (χ1v) is 5.19. The van der Waals surface area contributed by atoms with Crippen LogP contribution in [0.1, 0.15) is 10.4 Å². The van der Waals surface area contributed by atoms with E-state index in [0.717, 1.165) is 10.9 Å². The monoisotopic (exact) mass is 231 g/mol. The Hall–Kier alpha value is -2.30. The zero-order valence-electron chi connectivity index (χ0n) is 9.43. The second-order valence-corrected chi connectivity index (χ2v) is 3.91. The summed E-state index contributed by atoms with van der Waals surface area (Å²) in [4.78, 5) is 27.0. The van der Waals surface area contributed by atoms with E-state index in [9.17, 15) is 9.59 Å². The van der Waals surface area contributed by atoms with Gasteiger partial charge in [-0.3, -0.25) is 9.59 Å². The van der Waals surface area contributed by atoms with Gasteiger partial charge in [0.2, 0.25) is 5.91 Å². The van der Waals surface area contributed by atoms with Gasteiger partial charge in [0.05, 0.1) is 6.54 Å². The molecule has 17 heavy (non-hydrogen) atoms. The predicted molar refractivity (Wildman–Crippen MR) is 64.5 cm³/mol. The van der Waals surface area contributed by atoms with Gasteiger partial charge >= 0.3 is 0 Å². The predicted octanol–water partition coefficient (Wildman–Crippen LogP) is 0.725. The number of nitrogens with one attached hydrogen (secondary N) is 1. The van der Waals surface area contributed by atoms with Crippen molar-refractivity contribution in [3.63, 3.8) is 0 Å². The molecule has 0 saturated heterocycles. The first-order chi connectivity index (χ1) is 8.08. The molecule has 2 rings (SSSR count). The molecule has 0 aliphatic heterocycles. The molecule has 0 unspecified atom stereocenters. The molecule has 1 heterocycles. The van der Waals surface area contributed by atoms with Crippen LogP contribution in [0.5, 0.6) is 0 Å². The summed E-state index contributed by atoms with van der Waals surface area (Å²) in [6, 6.07) is 7.28. The zero-order valence-corrected chi connectivity index (χ0v) is 9.43. The molecule has 1 aromatic carbocycles. The van der Waals surface area contributed by atoms with Crippen molar-refractivity contribution in [2.45, 2.75) is 0 Å². The number of nitrogens with zero attached hydrogens (tertiary/aromatic N) is 1. The Balaban J connectivity index is 2.26. The fourth-order valence-corrected chi connectivity index (χ4v) is 1.71. The third kappa shape index (κ3) is 2.28. The third-order valence-electron chi connectivity index (χ3n) is 2.54. The molecule has 0 aliphatic carbocycles. The number of fused-ring (bicyclic) bond motifs is 1. The molecule has 2 amide bonds. The minimum absolute atomic E-state index is 0.0817. The van der Waals surface area contributed by atoms with Crippen molar-refractivity contribution in [3.05, 3.63) is 36.0 Å². The van der Waals surface area contributed by atoms with Crippen LogP contribution in [0.3, 0.4) is 0 Å². The molecule has 0 saturated carbocycles. The van der Waals surface area contributed by atoms with Crippen molar-refractivity contribution in [1.29, 1.82) is 0 Å². The standard InChI is InChI=1S/C12H13N3O2/c1-15(7-11(13)16)12(17)9-3-2-8-4-5-14-10(8)6-9/h2-6,14H,7H2,1H3,(H2,13,16). The van der Waals surface area contributed by atoms with Crippen molar-refractivity contribution in [1.82, 2.24) is 9.88 Å². The molecule has 1 aromatic heterocycles. The molecule has 2 aromatic rings. The first kappa shape index (κ1) is 11.2. The summed E-state index contributed by atoms with van der Waals surface area (Å²) in [5.41, 5.74) is 6.47. The third-order valence-corrected chi connectivity index (χ3v) is 2.54. The second kappa shape index (κ2) is 4.29. The first-order valence-electron chi connectivity index (χ1n) is 5.19. The molecule has 88 valence electrons. The average Bonchev–Trinajstić information content (AvgIpc) is 2.73. The summed E-state index contributed by atoms with van der Waals surface area (Å²) < 4.78 is 0. The van der Waals surface area contributed by atoms with Gasteiger partial charge in [-0.15, -0.1) is 0 Å². The van der Waals surface area contributed by atoms with Crippen molar-refractivity contribution < 1.29 is 9.59 Å². The van der Waals surface area contributed by atoms with Gasteiger partial charge in [-0.25, -0.2) is 0 Å². The number of aromatic nitrogens is 1. The Morgan fingerprint density at radius 1 is 1.35 bits per heavy atom. The van der Waals surface area contributed by atoms with Crippen LogP contribution in [0.25, 0.3) is 10.9 Å². The van der Waals surface area contributed by atoms with Gasteiger partial charge in [0, 0.05) is 24.3 Å². The number of aromatic amines is 1. The Morgan fingerprint density at radius 3 is 2.82 bits per heavy atom. The summed E-state index contributed by atoms with van der Waals surface area (Å²) in [6.45, 7) is -0.0817. The number of carbonyl (C=O) groups is 2. The van der Waals surface area contributed by atoms with E-state index in [1.54, 1.807) is 19.2 Å². The normalized spacial score (nSPS) is 10.4. The Morgan fingerprint density at radius 2 is 2.12 bits per heavy atom. The highest BCUT2D eigenvalue weighted by molar-refractivity contribution is 5.99. The minimum atomic E-state index is -0.526. The van der Waals surface area contributed by atoms with E-state index < -0.39 is 5.91 Å². The van der Waals surface area contributed by atoms with Crippen LogP contribution in [0.4, 0.5) is 0 Å². The van der Waals surface area contributed by atoms with Crippen LogP contribution in [0.15, 0.2) is 30.5 Å². The van der Waals surface area contributed by atoms with E-state index in [2.05, 4.69) is 4.98 Å². The lowest BCUT2D eigenvalue weighted by Gasteiger charge is -2.14. The zero-order chi connectivity index (χ0) is 12.4. The number of hydrogen-bond donors (Lipinski definition) is 2. The van der Waals surface area contributed by atoms with E-state index in [1.165, 1.54) is 4.90 Å². The summed E-state index contributed by atoms with van der Waals surface area (Å²) >= 11 is 0. The molecular formula is C12H13N3O2. The largest absolute Gasteiger partial charge is 0.368 e. The van der Waals surface area contributed by atoms with E-state index in [1.807, 2.05) is 18.3 Å². The molecule has 5 nitrogen and oxygen atoms in total. The van der Waals surface area contributed by atoms with Crippen LogP contribution in [0.2, 0.25) is 0 Å². The number of primary amides is 1. The average molecular weight is 231 g/mol. The van der Waals surface area contributed by atoms with Crippen molar-refractivity contribution in [2.24, 2.45) is 5.73 Å². The highest BCUT2D eigenvalue weighted by Gasteiger charge is 2.13. The number of rotatable bonds is 3. The number of H-pyrrole nitrogens is 1. The van der Waals surface area contributed by atoms with Gasteiger partial charge in [0.25, 0.3) is 5.91 Å². The Bertz CT molecular complexity index is 574. The maximum atomic E-state index is 11.9. The summed E-state index contributed by atoms with van der Waals surface area (Å²) in [5, 5.41) is 1.04. The molecule has 5 heteroatoms. The van der Waals surface area contributed by atoms with Gasteiger partial charge in [-0.05, 0) is 23.6 Å². The van der Waals surface area contributed by atoms with Gasteiger partial charge < -0.3 is 15.6 Å². The van der Waals surface area contributed by atoms with E-state index in [-0.39, 0.29) is 12.5 Å². The lowest BCUT2D eigenvalue weighted by molar-refractivity contribution is -0.118. The van der Waals surface area contributed by atoms with Crippen LogP contribution in [-0.2, 0) is 4.79 Å². The second-order valence-electron chi connectivity index (χ2n) is 3.91. The molecule has 0 radical (unpaired) electrons. The minimum Gasteiger partial charge on any atom is -0.368 e. The molecular weight excluding hydrogens is 218 g/mol. The Kier molecular flexibility index (Phi) is 2.82. The highest BCUT2D eigenvalue weighted by atomic mass is 16.2. The number of hydrogen-bond acceptors (Lipinski definition) is 2. The lowest BCUT2D eigenvalue weighted by Crippen LogP contribution is -2.35. The van der Waals surface area contributed by atoms with E-state index >= 15 is 0 Å². The van der Waals surface area contributed by atoms with Crippen LogP contribution < -0.4 is 5.73 Å².